The van der Waals surface area contributed by atoms with Gasteiger partial charge in [0.2, 0.25) is 0 Å². The maximum Gasteiger partial charge on any atom is 0.258 e. The molecule has 0 saturated heterocycles. The van der Waals surface area contributed by atoms with Gasteiger partial charge in [0.1, 0.15) is 17.3 Å². The van der Waals surface area contributed by atoms with Gasteiger partial charge in [-0.3, -0.25) is 14.6 Å². The van der Waals surface area contributed by atoms with Crippen molar-refractivity contribution in [3.8, 4) is 5.75 Å². The maximum atomic E-state index is 13.4. The number of ether oxygens (including phenoxy) is 1. The summed E-state index contributed by atoms with van der Waals surface area (Å²) >= 11 is 5.63. The Morgan fingerprint density at radius 2 is 2.00 bits per heavy atom. The number of ketones is 1. The Kier molecular flexibility index (Phi) is 5.53. The lowest BCUT2D eigenvalue weighted by Gasteiger charge is -2.70. The van der Waals surface area contributed by atoms with Crippen LogP contribution in [0, 0.1) is 11.2 Å². The summed E-state index contributed by atoms with van der Waals surface area (Å²) in [6.45, 7) is 1.92. The van der Waals surface area contributed by atoms with Crippen LogP contribution in [0.2, 0.25) is 5.02 Å². The fourth-order valence-electron chi connectivity index (χ4n) is 4.82. The Labute approximate surface area is 180 Å². The summed E-state index contributed by atoms with van der Waals surface area (Å²) < 4.78 is 18.8. The summed E-state index contributed by atoms with van der Waals surface area (Å²) in [5.41, 5.74) is 1.41. The zero-order valence-electron chi connectivity index (χ0n) is 16.8. The summed E-state index contributed by atoms with van der Waals surface area (Å²) in [7, 11) is 0. The molecule has 0 radical (unpaired) electrons. The number of aromatic nitrogens is 1. The number of nitrogens with one attached hydrogen (secondary N) is 1. The second-order valence-electron chi connectivity index (χ2n) is 8.63. The van der Waals surface area contributed by atoms with Crippen molar-refractivity contribution in [2.75, 3.05) is 6.61 Å². The molecule has 0 unspecified atom stereocenters. The largest absolute Gasteiger partial charge is 0.484 e. The second kappa shape index (κ2) is 7.99. The van der Waals surface area contributed by atoms with Gasteiger partial charge >= 0.3 is 0 Å². The Bertz CT molecular complexity index is 957. The van der Waals surface area contributed by atoms with E-state index in [2.05, 4.69) is 17.2 Å². The Balaban J connectivity index is 1.22. The number of benzene rings is 1. The van der Waals surface area contributed by atoms with E-state index in [-0.39, 0.29) is 40.0 Å². The van der Waals surface area contributed by atoms with E-state index in [1.807, 2.05) is 12.1 Å². The number of pyridine rings is 1. The molecule has 5 nitrogen and oxygen atoms in total. The number of carbonyl (C=O) groups is 2. The van der Waals surface area contributed by atoms with Gasteiger partial charge in [-0.1, -0.05) is 31.0 Å². The molecule has 5 rings (SSSR count). The number of rotatable bonds is 9. The highest BCUT2D eigenvalue weighted by Gasteiger charge is 2.68. The van der Waals surface area contributed by atoms with E-state index in [1.54, 1.807) is 6.20 Å². The van der Waals surface area contributed by atoms with E-state index in [1.165, 1.54) is 12.1 Å². The first kappa shape index (κ1) is 20.8. The molecule has 158 valence electrons. The average Bonchev–Trinajstić information content (AvgIpc) is 2.67. The van der Waals surface area contributed by atoms with Crippen LogP contribution in [0.1, 0.15) is 55.1 Å². The van der Waals surface area contributed by atoms with Crippen LogP contribution >= 0.6 is 11.6 Å². The molecule has 0 spiro atoms. The minimum atomic E-state index is -0.588. The molecule has 7 heteroatoms. The molecular weight excluding hydrogens is 407 g/mol. The first-order valence-electron chi connectivity index (χ1n) is 10.2. The highest BCUT2D eigenvalue weighted by Crippen LogP contribution is 2.69. The zero-order valence-corrected chi connectivity index (χ0v) is 17.6. The first-order valence-corrected chi connectivity index (χ1v) is 10.6. The molecule has 0 aliphatic heterocycles. The molecule has 1 N–H and O–H groups in total. The third-order valence-electron chi connectivity index (χ3n) is 5.99. The van der Waals surface area contributed by atoms with Crippen LogP contribution < -0.4 is 10.1 Å². The molecule has 3 saturated carbocycles. The quantitative estimate of drug-likeness (QED) is 0.594. The molecule has 3 fully saturated rings. The number of nitrogens with zero attached hydrogens (tertiary/aromatic N) is 1. The van der Waals surface area contributed by atoms with Crippen molar-refractivity contribution < 1.29 is 18.7 Å². The van der Waals surface area contributed by atoms with Gasteiger partial charge < -0.3 is 10.1 Å². The predicted molar refractivity (Wildman–Crippen MR) is 111 cm³/mol. The van der Waals surface area contributed by atoms with Crippen LogP contribution in [-0.4, -0.2) is 28.8 Å². The lowest BCUT2D eigenvalue weighted by molar-refractivity contribution is -0.164. The molecule has 1 aromatic heterocycles. The van der Waals surface area contributed by atoms with Crippen molar-refractivity contribution in [1.82, 2.24) is 10.3 Å². The van der Waals surface area contributed by atoms with Gasteiger partial charge in [0.15, 0.2) is 12.4 Å². The Morgan fingerprint density at radius 1 is 1.23 bits per heavy atom. The van der Waals surface area contributed by atoms with Gasteiger partial charge in [0.25, 0.3) is 5.91 Å². The van der Waals surface area contributed by atoms with Crippen molar-refractivity contribution >= 4 is 23.3 Å². The van der Waals surface area contributed by atoms with E-state index in [9.17, 15) is 14.0 Å². The number of carbonyl (C=O) groups excluding carboxylic acids is 2. The number of hydrogen-bond donors (Lipinski definition) is 1. The lowest BCUT2D eigenvalue weighted by Crippen LogP contribution is -2.75. The molecule has 1 heterocycles. The first-order chi connectivity index (χ1) is 14.3. The van der Waals surface area contributed by atoms with Crippen molar-refractivity contribution in [1.29, 1.82) is 0 Å². The SMILES string of the molecule is CCCc1ccc(C(=O)CC23CC(NC(=O)COc4ccc(Cl)c(F)c4)(C2)C3)nc1. The Hall–Kier alpha value is -2.47. The second-order valence-corrected chi connectivity index (χ2v) is 9.03. The fourth-order valence-corrected chi connectivity index (χ4v) is 4.94. The minimum Gasteiger partial charge on any atom is -0.484 e. The summed E-state index contributed by atoms with van der Waals surface area (Å²) in [6, 6.07) is 7.84. The van der Waals surface area contributed by atoms with Crippen LogP contribution in [0.3, 0.4) is 0 Å². The molecule has 1 amide bonds. The highest BCUT2D eigenvalue weighted by atomic mass is 35.5. The van der Waals surface area contributed by atoms with Crippen LogP contribution in [0.25, 0.3) is 0 Å². The monoisotopic (exact) mass is 430 g/mol. The van der Waals surface area contributed by atoms with Gasteiger partial charge in [-0.2, -0.15) is 0 Å². The van der Waals surface area contributed by atoms with E-state index < -0.39 is 5.82 Å². The molecular formula is C23H24ClFN2O3. The fraction of sp³-hybridized carbons (Fsp3) is 0.435. The molecule has 3 aliphatic rings. The molecule has 2 aromatic rings. The summed E-state index contributed by atoms with van der Waals surface area (Å²) in [4.78, 5) is 29.1. The normalized spacial score (nSPS) is 23.8. The van der Waals surface area contributed by atoms with Gasteiger partial charge in [-0.15, -0.1) is 0 Å². The van der Waals surface area contributed by atoms with E-state index in [4.69, 9.17) is 16.3 Å². The summed E-state index contributed by atoms with van der Waals surface area (Å²) in [5, 5.41) is 3.01. The smallest absolute Gasteiger partial charge is 0.258 e. The van der Waals surface area contributed by atoms with E-state index >= 15 is 0 Å². The van der Waals surface area contributed by atoms with E-state index in [0.717, 1.165) is 43.7 Å². The van der Waals surface area contributed by atoms with Crippen LogP contribution in [0.5, 0.6) is 5.75 Å². The standard InChI is InChI=1S/C23H24ClFN2O3/c1-2-3-15-4-7-19(26-10-15)20(28)9-22-12-23(13-22,14-22)27-21(29)11-30-16-5-6-17(24)18(25)8-16/h4-8,10H,2-3,9,11-14H2,1H3,(H,27,29). The highest BCUT2D eigenvalue weighted by molar-refractivity contribution is 6.30. The van der Waals surface area contributed by atoms with Crippen molar-refractivity contribution in [2.24, 2.45) is 5.41 Å². The van der Waals surface area contributed by atoms with Gasteiger partial charge in [0.05, 0.1) is 5.02 Å². The zero-order chi connectivity index (χ0) is 21.4. The maximum absolute atomic E-state index is 13.4. The van der Waals surface area contributed by atoms with Crippen molar-refractivity contribution in [3.05, 3.63) is 58.6 Å². The van der Waals surface area contributed by atoms with Crippen LogP contribution in [-0.2, 0) is 11.2 Å². The van der Waals surface area contributed by atoms with Gasteiger partial charge in [0, 0.05) is 24.2 Å². The minimum absolute atomic E-state index is 0.00705. The third kappa shape index (κ3) is 4.19. The number of aryl methyl sites for hydroxylation is 1. The number of halogens is 2. The molecule has 2 bridgehead atoms. The summed E-state index contributed by atoms with van der Waals surface area (Å²) in [5.74, 6) is -0.525. The molecule has 1 aromatic carbocycles. The third-order valence-corrected chi connectivity index (χ3v) is 6.30. The van der Waals surface area contributed by atoms with E-state index in [0.29, 0.717) is 12.1 Å². The van der Waals surface area contributed by atoms with Crippen LogP contribution in [0.15, 0.2) is 36.5 Å². The predicted octanol–water partition coefficient (Wildman–Crippen LogP) is 4.52. The number of Topliss-reactive ketones (excluding diaryl/α,β-unsaturated/α-hetero) is 1. The Morgan fingerprint density at radius 3 is 2.63 bits per heavy atom. The average molecular weight is 431 g/mol. The molecule has 0 atom stereocenters. The van der Waals surface area contributed by atoms with Gasteiger partial charge in [-0.25, -0.2) is 4.39 Å². The van der Waals surface area contributed by atoms with Crippen molar-refractivity contribution in [2.45, 2.75) is 51.0 Å². The lowest BCUT2D eigenvalue weighted by atomic mass is 9.38. The van der Waals surface area contributed by atoms with Gasteiger partial charge in [-0.05, 0) is 54.9 Å². The number of hydrogen-bond acceptors (Lipinski definition) is 4. The topological polar surface area (TPSA) is 68.3 Å². The molecule has 3 aliphatic carbocycles. The summed E-state index contributed by atoms with van der Waals surface area (Å²) in [6.07, 6.45) is 6.64. The van der Waals surface area contributed by atoms with Crippen LogP contribution in [0.4, 0.5) is 4.39 Å². The van der Waals surface area contributed by atoms with Crippen molar-refractivity contribution in [3.63, 3.8) is 0 Å². The molecule has 30 heavy (non-hydrogen) atoms. The number of amides is 1.